The number of hydrogen-bond donors (Lipinski definition) is 2. The fourth-order valence-corrected chi connectivity index (χ4v) is 2.06. The van der Waals surface area contributed by atoms with Gasteiger partial charge in [0.15, 0.2) is 0 Å². The number of benzene rings is 1. The average molecular weight is 323 g/mol. The molecule has 1 saturated carbocycles. The van der Waals surface area contributed by atoms with Gasteiger partial charge in [-0.2, -0.15) is 0 Å². The molecule has 21 heavy (non-hydrogen) atoms. The van der Waals surface area contributed by atoms with E-state index in [-0.39, 0.29) is 5.91 Å². The number of anilines is 2. The number of rotatable bonds is 4. The Balaban J connectivity index is 1.75. The molecule has 3 rings (SSSR count). The lowest BCUT2D eigenvalue weighted by molar-refractivity contribution is 0.0946. The number of halogens is 2. The van der Waals surface area contributed by atoms with Crippen LogP contribution in [0.1, 0.15) is 23.3 Å². The minimum atomic E-state index is -0.183. The molecule has 0 bridgehead atoms. The quantitative estimate of drug-likeness (QED) is 0.905. The van der Waals surface area contributed by atoms with Crippen molar-refractivity contribution in [2.45, 2.75) is 18.9 Å². The second-order valence-electron chi connectivity index (χ2n) is 4.79. The minimum Gasteiger partial charge on any atom is -0.348 e. The summed E-state index contributed by atoms with van der Waals surface area (Å²) in [5.74, 6) is 0.335. The fourth-order valence-electron chi connectivity index (χ4n) is 1.76. The summed E-state index contributed by atoms with van der Waals surface area (Å²) in [6.07, 6.45) is 3.41. The molecule has 0 atom stereocenters. The van der Waals surface area contributed by atoms with Gasteiger partial charge in [0.05, 0.1) is 10.0 Å². The molecule has 108 valence electrons. The third kappa shape index (κ3) is 3.62. The van der Waals surface area contributed by atoms with E-state index in [1.54, 1.807) is 24.3 Å². The van der Waals surface area contributed by atoms with Crippen molar-refractivity contribution in [3.05, 3.63) is 46.3 Å². The Morgan fingerprint density at radius 3 is 2.67 bits per heavy atom. The molecule has 1 amide bonds. The summed E-state index contributed by atoms with van der Waals surface area (Å²) in [6.45, 7) is 0. The van der Waals surface area contributed by atoms with E-state index in [0.717, 1.165) is 18.5 Å². The molecular formula is C14H12Cl2N4O. The Kier molecular flexibility index (Phi) is 3.94. The van der Waals surface area contributed by atoms with E-state index in [1.165, 1.54) is 6.33 Å². The molecule has 1 aliphatic carbocycles. The van der Waals surface area contributed by atoms with Crippen molar-refractivity contribution in [3.63, 3.8) is 0 Å². The van der Waals surface area contributed by atoms with E-state index < -0.39 is 0 Å². The number of carbonyl (C=O) groups is 1. The van der Waals surface area contributed by atoms with Gasteiger partial charge in [-0.15, -0.1) is 0 Å². The third-order valence-electron chi connectivity index (χ3n) is 3.00. The first kappa shape index (κ1) is 14.1. The topological polar surface area (TPSA) is 66.9 Å². The summed E-state index contributed by atoms with van der Waals surface area (Å²) in [7, 11) is 0. The SMILES string of the molecule is O=C(NC1CC1)c1cc(Nc2ccc(Cl)c(Cl)c2)ncn1. The van der Waals surface area contributed by atoms with Crippen LogP contribution in [0.3, 0.4) is 0 Å². The lowest BCUT2D eigenvalue weighted by Gasteiger charge is -2.08. The van der Waals surface area contributed by atoms with Crippen LogP contribution in [0.25, 0.3) is 0 Å². The highest BCUT2D eigenvalue weighted by Gasteiger charge is 2.24. The van der Waals surface area contributed by atoms with Crippen LogP contribution in [-0.2, 0) is 0 Å². The van der Waals surface area contributed by atoms with Crippen molar-refractivity contribution in [1.29, 1.82) is 0 Å². The lowest BCUT2D eigenvalue weighted by Crippen LogP contribution is -2.26. The first-order valence-electron chi connectivity index (χ1n) is 6.47. The van der Waals surface area contributed by atoms with Gasteiger partial charge < -0.3 is 10.6 Å². The highest BCUT2D eigenvalue weighted by Crippen LogP contribution is 2.26. The summed E-state index contributed by atoms with van der Waals surface area (Å²) in [5, 5.41) is 6.87. The molecule has 1 aromatic heterocycles. The van der Waals surface area contributed by atoms with Crippen LogP contribution in [0.4, 0.5) is 11.5 Å². The van der Waals surface area contributed by atoms with Crippen LogP contribution < -0.4 is 10.6 Å². The van der Waals surface area contributed by atoms with Crippen LogP contribution in [0.5, 0.6) is 0 Å². The zero-order valence-electron chi connectivity index (χ0n) is 10.9. The van der Waals surface area contributed by atoms with Crippen molar-refractivity contribution in [2.75, 3.05) is 5.32 Å². The molecule has 0 radical (unpaired) electrons. The summed E-state index contributed by atoms with van der Waals surface area (Å²) in [4.78, 5) is 20.0. The first-order chi connectivity index (χ1) is 10.1. The van der Waals surface area contributed by atoms with Gasteiger partial charge >= 0.3 is 0 Å². The summed E-state index contributed by atoms with van der Waals surface area (Å²) >= 11 is 11.8. The highest BCUT2D eigenvalue weighted by molar-refractivity contribution is 6.42. The number of carbonyl (C=O) groups excluding carboxylic acids is 1. The molecule has 0 aliphatic heterocycles. The van der Waals surface area contributed by atoms with Gasteiger partial charge in [-0.3, -0.25) is 4.79 Å². The minimum absolute atomic E-state index is 0.183. The maximum Gasteiger partial charge on any atom is 0.270 e. The predicted molar refractivity (Wildman–Crippen MR) is 82.3 cm³/mol. The van der Waals surface area contributed by atoms with Crippen molar-refractivity contribution in [2.24, 2.45) is 0 Å². The molecule has 1 fully saturated rings. The second kappa shape index (κ2) is 5.87. The van der Waals surface area contributed by atoms with Crippen LogP contribution in [0, 0.1) is 0 Å². The van der Waals surface area contributed by atoms with E-state index in [1.807, 2.05) is 0 Å². The van der Waals surface area contributed by atoms with Crippen molar-refractivity contribution in [3.8, 4) is 0 Å². The standard InChI is InChI=1S/C14H12Cl2N4O/c15-10-4-3-9(5-11(10)16)19-13-6-12(17-7-18-13)14(21)20-8-1-2-8/h3-8H,1-2H2,(H,20,21)(H,17,18,19). The van der Waals surface area contributed by atoms with Crippen molar-refractivity contribution in [1.82, 2.24) is 15.3 Å². The van der Waals surface area contributed by atoms with Crippen LogP contribution in [-0.4, -0.2) is 21.9 Å². The molecule has 0 unspecified atom stereocenters. The third-order valence-corrected chi connectivity index (χ3v) is 3.74. The molecule has 2 aromatic rings. The number of nitrogens with zero attached hydrogens (tertiary/aromatic N) is 2. The van der Waals surface area contributed by atoms with Crippen LogP contribution in [0.2, 0.25) is 10.0 Å². The Labute approximate surface area is 131 Å². The summed E-state index contributed by atoms with van der Waals surface area (Å²) in [5.41, 5.74) is 1.07. The molecule has 0 saturated heterocycles. The highest BCUT2D eigenvalue weighted by atomic mass is 35.5. The largest absolute Gasteiger partial charge is 0.348 e. The maximum atomic E-state index is 11.9. The van der Waals surface area contributed by atoms with Gasteiger partial charge in [-0.05, 0) is 31.0 Å². The number of aromatic nitrogens is 2. The summed E-state index contributed by atoms with van der Waals surface area (Å²) in [6, 6.07) is 7.05. The molecule has 1 aliphatic rings. The van der Waals surface area contributed by atoms with E-state index in [0.29, 0.717) is 27.6 Å². The zero-order chi connectivity index (χ0) is 14.8. The second-order valence-corrected chi connectivity index (χ2v) is 5.60. The molecule has 1 heterocycles. The fraction of sp³-hybridized carbons (Fsp3) is 0.214. The Hall–Kier alpha value is -1.85. The van der Waals surface area contributed by atoms with Crippen molar-refractivity contribution >= 4 is 40.6 Å². The maximum absolute atomic E-state index is 11.9. The Morgan fingerprint density at radius 2 is 1.95 bits per heavy atom. The van der Waals surface area contributed by atoms with Crippen LogP contribution >= 0.6 is 23.2 Å². The molecule has 0 spiro atoms. The molecular weight excluding hydrogens is 311 g/mol. The van der Waals surface area contributed by atoms with E-state index in [2.05, 4.69) is 20.6 Å². The van der Waals surface area contributed by atoms with Crippen LogP contribution in [0.15, 0.2) is 30.6 Å². The lowest BCUT2D eigenvalue weighted by atomic mass is 10.3. The predicted octanol–water partition coefficient (Wildman–Crippen LogP) is 3.42. The Bertz CT molecular complexity index is 688. The van der Waals surface area contributed by atoms with Crippen molar-refractivity contribution < 1.29 is 4.79 Å². The van der Waals surface area contributed by atoms with Gasteiger partial charge in [0.25, 0.3) is 5.91 Å². The van der Waals surface area contributed by atoms with Gasteiger partial charge in [-0.25, -0.2) is 9.97 Å². The first-order valence-corrected chi connectivity index (χ1v) is 7.22. The number of nitrogens with one attached hydrogen (secondary N) is 2. The van der Waals surface area contributed by atoms with Gasteiger partial charge in [0.2, 0.25) is 0 Å². The van der Waals surface area contributed by atoms with Gasteiger partial charge in [0.1, 0.15) is 17.8 Å². The number of hydrogen-bond acceptors (Lipinski definition) is 4. The normalized spacial score (nSPS) is 13.8. The van der Waals surface area contributed by atoms with Gasteiger partial charge in [0, 0.05) is 17.8 Å². The summed E-state index contributed by atoms with van der Waals surface area (Å²) < 4.78 is 0. The zero-order valence-corrected chi connectivity index (χ0v) is 12.4. The van der Waals surface area contributed by atoms with Gasteiger partial charge in [-0.1, -0.05) is 23.2 Å². The molecule has 7 heteroatoms. The molecule has 5 nitrogen and oxygen atoms in total. The Morgan fingerprint density at radius 1 is 1.14 bits per heavy atom. The number of amides is 1. The van der Waals surface area contributed by atoms with E-state index in [4.69, 9.17) is 23.2 Å². The van der Waals surface area contributed by atoms with E-state index >= 15 is 0 Å². The monoisotopic (exact) mass is 322 g/mol. The smallest absolute Gasteiger partial charge is 0.270 e. The average Bonchev–Trinajstić information content (AvgIpc) is 3.27. The van der Waals surface area contributed by atoms with E-state index in [9.17, 15) is 4.79 Å². The molecule has 1 aromatic carbocycles. The molecule has 2 N–H and O–H groups in total.